The van der Waals surface area contributed by atoms with Gasteiger partial charge in [-0.15, -0.1) is 0 Å². The number of hydrogen-bond acceptors (Lipinski definition) is 2. The maximum Gasteiger partial charge on any atom is 0.314 e. The molecule has 0 radical (unpaired) electrons. The summed E-state index contributed by atoms with van der Waals surface area (Å²) < 4.78 is 0. The van der Waals surface area contributed by atoms with Crippen LogP contribution < -0.4 is 11.5 Å². The predicted octanol–water partition coefficient (Wildman–Crippen LogP) is -1.27. The first-order chi connectivity index (χ1) is 4.06. The van der Waals surface area contributed by atoms with Gasteiger partial charge in [0.05, 0.1) is 0 Å². The first-order valence-electron chi connectivity index (χ1n) is 2.18. The average Bonchev–Trinajstić information content (AvgIpc) is 1.68. The fraction of sp³-hybridized carbons (Fsp3) is 0.500. The average molecular weight is 133 g/mol. The van der Waals surface area contributed by atoms with Gasteiger partial charge in [0.1, 0.15) is 0 Å². The smallest absolute Gasteiger partial charge is 0.314 e. The Kier molecular flexibility index (Phi) is 7.99. The van der Waals surface area contributed by atoms with E-state index < -0.39 is 6.03 Å². The fourth-order valence-electron chi connectivity index (χ4n) is 0. The molecule has 0 aliphatic heterocycles. The van der Waals surface area contributed by atoms with Crippen molar-refractivity contribution in [2.24, 2.45) is 11.5 Å². The third-order valence-electron chi connectivity index (χ3n) is 0.441. The van der Waals surface area contributed by atoms with Crippen molar-refractivity contribution >= 4 is 12.4 Å². The van der Waals surface area contributed by atoms with Gasteiger partial charge < -0.3 is 16.4 Å². The highest BCUT2D eigenvalue weighted by Crippen LogP contribution is 1.65. The van der Waals surface area contributed by atoms with Crippen LogP contribution in [0.15, 0.2) is 0 Å². The van der Waals surface area contributed by atoms with Crippen molar-refractivity contribution in [1.82, 2.24) is 4.90 Å². The normalized spacial score (nSPS) is 6.44. The number of rotatable bonds is 0. The second kappa shape index (κ2) is 6.74. The summed E-state index contributed by atoms with van der Waals surface area (Å²) in [5, 5.41) is 0. The molecule has 54 valence electrons. The van der Waals surface area contributed by atoms with Gasteiger partial charge in [0.2, 0.25) is 6.41 Å². The second-order valence-corrected chi connectivity index (χ2v) is 1.37. The number of nitrogens with two attached hydrogens (primary N) is 2. The molecule has 9 heavy (non-hydrogen) atoms. The van der Waals surface area contributed by atoms with Gasteiger partial charge in [-0.2, -0.15) is 0 Å². The van der Waals surface area contributed by atoms with E-state index in [0.29, 0.717) is 0 Å². The maximum absolute atomic E-state index is 9.85. The molecule has 0 atom stereocenters. The van der Waals surface area contributed by atoms with Crippen LogP contribution in [-0.2, 0) is 4.79 Å². The Morgan fingerprint density at radius 2 is 1.67 bits per heavy atom. The molecule has 5 nitrogen and oxygen atoms in total. The highest BCUT2D eigenvalue weighted by Gasteiger charge is 1.88. The van der Waals surface area contributed by atoms with Crippen LogP contribution in [0.1, 0.15) is 0 Å². The molecule has 0 aromatic heterocycles. The molecule has 0 aliphatic carbocycles. The first kappa shape index (κ1) is 10.7. The van der Waals surface area contributed by atoms with E-state index in [2.05, 4.69) is 5.73 Å². The van der Waals surface area contributed by atoms with E-state index >= 15 is 0 Å². The maximum atomic E-state index is 9.85. The lowest BCUT2D eigenvalue weighted by molar-refractivity contribution is -0.106. The van der Waals surface area contributed by atoms with Crippen molar-refractivity contribution in [3.05, 3.63) is 0 Å². The number of nitrogens with zero attached hydrogens (tertiary/aromatic N) is 1. The number of carbonyl (C=O) groups excluding carboxylic acids is 2. The second-order valence-electron chi connectivity index (χ2n) is 1.37. The Labute approximate surface area is 53.6 Å². The van der Waals surface area contributed by atoms with Gasteiger partial charge in [0.15, 0.2) is 0 Å². The summed E-state index contributed by atoms with van der Waals surface area (Å²) in [6, 6.07) is -0.407. The number of amides is 3. The monoisotopic (exact) mass is 133 g/mol. The zero-order chi connectivity index (χ0) is 7.86. The SMILES string of the molecule is CN(C)C(N)=O.NC=O. The van der Waals surface area contributed by atoms with Crippen molar-refractivity contribution in [2.75, 3.05) is 14.1 Å². The van der Waals surface area contributed by atoms with Crippen LogP contribution >= 0.6 is 0 Å². The Balaban J connectivity index is 0. The number of urea groups is 1. The molecule has 0 saturated heterocycles. The van der Waals surface area contributed by atoms with Crippen molar-refractivity contribution in [2.45, 2.75) is 0 Å². The Bertz CT molecular complexity index is 91.8. The van der Waals surface area contributed by atoms with E-state index in [0.717, 1.165) is 0 Å². The number of primary amides is 2. The Hall–Kier alpha value is -1.26. The lowest BCUT2D eigenvalue weighted by Gasteiger charge is -2.01. The molecule has 0 bridgehead atoms. The standard InChI is InChI=1S/C3H8N2O.CH3NO/c1-5(2)3(4)6;2-1-3/h1-2H3,(H2,4,6);1H,(H2,2,3). The topological polar surface area (TPSA) is 89.4 Å². The molecule has 0 unspecified atom stereocenters. The van der Waals surface area contributed by atoms with E-state index in [1.54, 1.807) is 14.1 Å². The van der Waals surface area contributed by atoms with E-state index in [-0.39, 0.29) is 6.41 Å². The first-order valence-corrected chi connectivity index (χ1v) is 2.18. The highest BCUT2D eigenvalue weighted by molar-refractivity contribution is 5.71. The van der Waals surface area contributed by atoms with Gasteiger partial charge >= 0.3 is 6.03 Å². The molecule has 4 N–H and O–H groups in total. The van der Waals surface area contributed by atoms with E-state index in [4.69, 9.17) is 10.5 Å². The predicted molar refractivity (Wildman–Crippen MR) is 33.5 cm³/mol. The third kappa shape index (κ3) is 20.2. The van der Waals surface area contributed by atoms with Crippen molar-refractivity contribution in [3.63, 3.8) is 0 Å². The molecule has 0 rings (SSSR count). The van der Waals surface area contributed by atoms with E-state index in [9.17, 15) is 4.79 Å². The minimum atomic E-state index is -0.407. The minimum Gasteiger partial charge on any atom is -0.372 e. The van der Waals surface area contributed by atoms with Crippen molar-refractivity contribution < 1.29 is 9.59 Å². The molecule has 0 aliphatic rings. The summed E-state index contributed by atoms with van der Waals surface area (Å²) in [6.07, 6.45) is 0.250. The van der Waals surface area contributed by atoms with Crippen molar-refractivity contribution in [3.8, 4) is 0 Å². The van der Waals surface area contributed by atoms with Crippen LogP contribution in [0, 0.1) is 0 Å². The molecule has 3 amide bonds. The van der Waals surface area contributed by atoms with E-state index in [1.807, 2.05) is 0 Å². The van der Waals surface area contributed by atoms with E-state index in [1.165, 1.54) is 4.90 Å². The highest BCUT2D eigenvalue weighted by atomic mass is 16.2. The molecule has 0 heterocycles. The van der Waals surface area contributed by atoms with Crippen LogP contribution in [0.4, 0.5) is 4.79 Å². The number of carbonyl (C=O) groups is 2. The van der Waals surface area contributed by atoms with Crippen LogP contribution in [0.2, 0.25) is 0 Å². The molecule has 0 aromatic carbocycles. The van der Waals surface area contributed by atoms with Crippen LogP contribution in [-0.4, -0.2) is 31.4 Å². The largest absolute Gasteiger partial charge is 0.372 e. The summed E-state index contributed by atoms with van der Waals surface area (Å²) in [4.78, 5) is 19.7. The molecule has 0 aromatic rings. The molecular weight excluding hydrogens is 122 g/mol. The molecule has 0 spiro atoms. The van der Waals surface area contributed by atoms with Gasteiger partial charge in [0.25, 0.3) is 0 Å². The quantitative estimate of drug-likeness (QED) is 0.403. The molecule has 0 saturated carbocycles. The van der Waals surface area contributed by atoms with Gasteiger partial charge in [-0.05, 0) is 0 Å². The molecular formula is C4H11N3O2. The van der Waals surface area contributed by atoms with Crippen LogP contribution in [0.25, 0.3) is 0 Å². The Morgan fingerprint density at radius 1 is 1.56 bits per heavy atom. The summed E-state index contributed by atoms with van der Waals surface area (Å²) in [6.45, 7) is 0. The Morgan fingerprint density at radius 3 is 1.67 bits per heavy atom. The summed E-state index contributed by atoms with van der Waals surface area (Å²) in [5.74, 6) is 0. The van der Waals surface area contributed by atoms with Gasteiger partial charge in [-0.1, -0.05) is 0 Å². The van der Waals surface area contributed by atoms with Crippen molar-refractivity contribution in [1.29, 1.82) is 0 Å². The number of hydrogen-bond donors (Lipinski definition) is 2. The molecule has 5 heteroatoms. The minimum absolute atomic E-state index is 0.250. The summed E-state index contributed by atoms with van der Waals surface area (Å²) in [5.41, 5.74) is 8.89. The zero-order valence-electron chi connectivity index (χ0n) is 5.50. The zero-order valence-corrected chi connectivity index (χ0v) is 5.50. The van der Waals surface area contributed by atoms with Gasteiger partial charge in [-0.3, -0.25) is 4.79 Å². The fourth-order valence-corrected chi connectivity index (χ4v) is 0. The van der Waals surface area contributed by atoms with Gasteiger partial charge in [0, 0.05) is 14.1 Å². The van der Waals surface area contributed by atoms with Crippen LogP contribution in [0.5, 0.6) is 0 Å². The van der Waals surface area contributed by atoms with Crippen LogP contribution in [0.3, 0.4) is 0 Å². The summed E-state index contributed by atoms with van der Waals surface area (Å²) in [7, 11) is 3.20. The van der Waals surface area contributed by atoms with Gasteiger partial charge in [-0.25, -0.2) is 4.79 Å². The summed E-state index contributed by atoms with van der Waals surface area (Å²) >= 11 is 0. The lowest BCUT2D eigenvalue weighted by atomic mass is 10.9. The third-order valence-corrected chi connectivity index (χ3v) is 0.441. The molecule has 0 fully saturated rings. The lowest BCUT2D eigenvalue weighted by Crippen LogP contribution is -2.27.